The number of H-pyrrole nitrogens is 1. The fourth-order valence-corrected chi connectivity index (χ4v) is 4.17. The lowest BCUT2D eigenvalue weighted by molar-refractivity contribution is -0.146. The molecule has 0 saturated carbocycles. The van der Waals surface area contributed by atoms with Crippen LogP contribution < -0.4 is 10.6 Å². The first-order valence-electron chi connectivity index (χ1n) is 11.0. The van der Waals surface area contributed by atoms with E-state index in [4.69, 9.17) is 4.74 Å². The monoisotopic (exact) mass is 430 g/mol. The van der Waals surface area contributed by atoms with Crippen molar-refractivity contribution in [1.82, 2.24) is 10.2 Å². The quantitative estimate of drug-likeness (QED) is 0.353. The van der Waals surface area contributed by atoms with Crippen LogP contribution in [0.3, 0.4) is 0 Å². The molecule has 1 atom stereocenters. The van der Waals surface area contributed by atoms with E-state index in [2.05, 4.69) is 51.2 Å². The fraction of sp³-hybridized carbons (Fsp3) is 0.308. The zero-order valence-electron chi connectivity index (χ0n) is 19.1. The lowest BCUT2D eigenvalue weighted by Crippen LogP contribution is -2.28. The van der Waals surface area contributed by atoms with Crippen molar-refractivity contribution in [2.24, 2.45) is 5.92 Å². The number of carbonyl (C=O) groups excluding carboxylic acids is 1. The summed E-state index contributed by atoms with van der Waals surface area (Å²) in [6.07, 6.45) is 0. The van der Waals surface area contributed by atoms with Crippen molar-refractivity contribution in [2.45, 2.75) is 34.2 Å². The number of ether oxygens (including phenoxy) is 1. The molecule has 32 heavy (non-hydrogen) atoms. The number of para-hydroxylation sites is 2. The first-order valence-corrected chi connectivity index (χ1v) is 11.0. The summed E-state index contributed by atoms with van der Waals surface area (Å²) in [6.45, 7) is 9.69. The molecule has 1 aliphatic heterocycles. The summed E-state index contributed by atoms with van der Waals surface area (Å²) < 4.78 is 5.23. The van der Waals surface area contributed by atoms with Gasteiger partial charge in [-0.05, 0) is 51.0 Å². The largest absolute Gasteiger partial charge is 0.461 e. The van der Waals surface area contributed by atoms with Crippen molar-refractivity contribution in [3.63, 3.8) is 0 Å². The Morgan fingerprint density at radius 2 is 1.56 bits per heavy atom. The van der Waals surface area contributed by atoms with E-state index in [9.17, 15) is 4.79 Å². The Hall–Kier alpha value is -3.54. The second-order valence-electron chi connectivity index (χ2n) is 8.35. The maximum absolute atomic E-state index is 12.0. The number of esters is 1. The lowest BCUT2D eigenvalue weighted by Gasteiger charge is -2.25. The molecule has 3 aromatic rings. The highest BCUT2D eigenvalue weighted by atomic mass is 16.5. The summed E-state index contributed by atoms with van der Waals surface area (Å²) in [5, 5.41) is 14.5. The Morgan fingerprint density at radius 3 is 2.16 bits per heavy atom. The molecule has 166 valence electrons. The van der Waals surface area contributed by atoms with Crippen LogP contribution in [0.1, 0.15) is 30.8 Å². The molecule has 1 aromatic heterocycles. The van der Waals surface area contributed by atoms with Gasteiger partial charge in [0.1, 0.15) is 6.61 Å². The minimum absolute atomic E-state index is 0.153. The first kappa shape index (κ1) is 21.7. The van der Waals surface area contributed by atoms with Crippen molar-refractivity contribution in [2.75, 3.05) is 23.8 Å². The number of nitrogens with one attached hydrogen (secondary N) is 3. The fourth-order valence-electron chi connectivity index (χ4n) is 4.17. The normalized spacial score (nSPS) is 16.1. The Bertz CT molecular complexity index is 1140. The molecule has 4 rings (SSSR count). The maximum atomic E-state index is 12.0. The molecule has 2 aromatic carbocycles. The van der Waals surface area contributed by atoms with Crippen LogP contribution in [0.2, 0.25) is 0 Å². The van der Waals surface area contributed by atoms with Gasteiger partial charge in [-0.15, -0.1) is 0 Å². The Kier molecular flexibility index (Phi) is 6.30. The SMILES string of the molecule is CC1=C(CNc2ccccc2-c2ccccc2NCc2c(C)n[nH]c2C)C(C)C(=O)OC1. The molecule has 2 heterocycles. The lowest BCUT2D eigenvalue weighted by atomic mass is 9.94. The molecule has 6 heteroatoms. The van der Waals surface area contributed by atoms with Gasteiger partial charge in [0, 0.05) is 46.8 Å². The number of carbonyl (C=O) groups is 1. The summed E-state index contributed by atoms with van der Waals surface area (Å²) in [6, 6.07) is 16.6. The summed E-state index contributed by atoms with van der Waals surface area (Å²) in [4.78, 5) is 12.0. The van der Waals surface area contributed by atoms with Crippen molar-refractivity contribution in [3.8, 4) is 11.1 Å². The Morgan fingerprint density at radius 1 is 0.969 bits per heavy atom. The molecule has 0 bridgehead atoms. The summed E-state index contributed by atoms with van der Waals surface area (Å²) >= 11 is 0. The molecule has 0 aliphatic carbocycles. The van der Waals surface area contributed by atoms with Gasteiger partial charge in [0.05, 0.1) is 11.6 Å². The van der Waals surface area contributed by atoms with E-state index < -0.39 is 0 Å². The molecule has 0 saturated heterocycles. The van der Waals surface area contributed by atoms with Crippen molar-refractivity contribution in [1.29, 1.82) is 0 Å². The third-order valence-corrected chi connectivity index (χ3v) is 6.21. The summed E-state index contributed by atoms with van der Waals surface area (Å²) in [5.74, 6) is -0.376. The van der Waals surface area contributed by atoms with E-state index in [0.29, 0.717) is 19.7 Å². The molecule has 0 amide bonds. The number of benzene rings is 2. The van der Waals surface area contributed by atoms with Crippen LogP contribution in [0.4, 0.5) is 11.4 Å². The third kappa shape index (κ3) is 4.40. The number of anilines is 2. The van der Waals surface area contributed by atoms with E-state index in [1.807, 2.05) is 45.9 Å². The van der Waals surface area contributed by atoms with E-state index in [0.717, 1.165) is 45.0 Å². The number of nitrogens with zero attached hydrogens (tertiary/aromatic N) is 1. The predicted molar refractivity (Wildman–Crippen MR) is 129 cm³/mol. The van der Waals surface area contributed by atoms with Crippen LogP contribution >= 0.6 is 0 Å². The summed E-state index contributed by atoms with van der Waals surface area (Å²) in [5.41, 5.74) is 9.83. The molecule has 0 radical (unpaired) electrons. The number of cyclic esters (lactones) is 1. The van der Waals surface area contributed by atoms with Gasteiger partial charge in [-0.2, -0.15) is 5.10 Å². The topological polar surface area (TPSA) is 79.0 Å². The van der Waals surface area contributed by atoms with E-state index >= 15 is 0 Å². The minimum Gasteiger partial charge on any atom is -0.461 e. The van der Waals surface area contributed by atoms with Gasteiger partial charge in [-0.1, -0.05) is 36.4 Å². The highest BCUT2D eigenvalue weighted by Crippen LogP contribution is 2.34. The molecular formula is C26H30N4O2. The van der Waals surface area contributed by atoms with Gasteiger partial charge in [-0.3, -0.25) is 9.89 Å². The van der Waals surface area contributed by atoms with E-state index in [1.165, 1.54) is 5.56 Å². The van der Waals surface area contributed by atoms with Crippen LogP contribution in [0.15, 0.2) is 59.7 Å². The van der Waals surface area contributed by atoms with Crippen LogP contribution in [-0.2, 0) is 16.1 Å². The van der Waals surface area contributed by atoms with Gasteiger partial charge >= 0.3 is 5.97 Å². The average Bonchev–Trinajstić information content (AvgIpc) is 3.12. The minimum atomic E-state index is -0.223. The van der Waals surface area contributed by atoms with Crippen molar-refractivity contribution in [3.05, 3.63) is 76.6 Å². The number of aryl methyl sites for hydroxylation is 2. The number of hydrogen-bond acceptors (Lipinski definition) is 5. The number of rotatable bonds is 7. The zero-order chi connectivity index (χ0) is 22.7. The zero-order valence-corrected chi connectivity index (χ0v) is 19.1. The standard InChI is InChI=1S/C26H30N4O2/c1-16-15-32-26(31)17(2)22(16)13-27-24-11-7-5-9-20(24)21-10-6-8-12-25(21)28-14-23-18(3)29-30-19(23)4/h5-12,17,27-28H,13-15H2,1-4H3,(H,29,30). The maximum Gasteiger partial charge on any atom is 0.313 e. The second kappa shape index (κ2) is 9.30. The molecule has 1 unspecified atom stereocenters. The van der Waals surface area contributed by atoms with Crippen LogP contribution in [0.25, 0.3) is 11.1 Å². The highest BCUT2D eigenvalue weighted by Gasteiger charge is 2.26. The summed E-state index contributed by atoms with van der Waals surface area (Å²) in [7, 11) is 0. The molecular weight excluding hydrogens is 400 g/mol. The van der Waals surface area contributed by atoms with Crippen molar-refractivity contribution >= 4 is 17.3 Å². The number of aromatic nitrogens is 2. The Labute approximate surface area is 189 Å². The van der Waals surface area contributed by atoms with Gasteiger partial charge in [0.15, 0.2) is 0 Å². The van der Waals surface area contributed by atoms with E-state index in [1.54, 1.807) is 0 Å². The van der Waals surface area contributed by atoms with Gasteiger partial charge in [0.2, 0.25) is 0 Å². The highest BCUT2D eigenvalue weighted by molar-refractivity contribution is 5.86. The smallest absolute Gasteiger partial charge is 0.313 e. The van der Waals surface area contributed by atoms with Crippen LogP contribution in [0, 0.1) is 19.8 Å². The van der Waals surface area contributed by atoms with Gasteiger partial charge in [0.25, 0.3) is 0 Å². The Balaban J connectivity index is 1.58. The van der Waals surface area contributed by atoms with Crippen LogP contribution in [-0.4, -0.2) is 29.3 Å². The van der Waals surface area contributed by atoms with E-state index in [-0.39, 0.29) is 11.9 Å². The first-order chi connectivity index (χ1) is 15.5. The number of aromatic amines is 1. The predicted octanol–water partition coefficient (Wildman–Crippen LogP) is 5.23. The molecule has 0 fully saturated rings. The molecule has 0 spiro atoms. The average molecular weight is 431 g/mol. The second-order valence-corrected chi connectivity index (χ2v) is 8.35. The van der Waals surface area contributed by atoms with Crippen molar-refractivity contribution < 1.29 is 9.53 Å². The van der Waals surface area contributed by atoms with Gasteiger partial charge in [-0.25, -0.2) is 0 Å². The third-order valence-electron chi connectivity index (χ3n) is 6.21. The molecule has 6 nitrogen and oxygen atoms in total. The molecule has 1 aliphatic rings. The number of hydrogen-bond donors (Lipinski definition) is 3. The van der Waals surface area contributed by atoms with Crippen LogP contribution in [0.5, 0.6) is 0 Å². The van der Waals surface area contributed by atoms with Gasteiger partial charge < -0.3 is 15.4 Å². The molecule has 3 N–H and O–H groups in total.